The summed E-state index contributed by atoms with van der Waals surface area (Å²) in [6, 6.07) is 14.3. The van der Waals surface area contributed by atoms with Gasteiger partial charge in [0.05, 0.1) is 10.7 Å². The zero-order valence-corrected chi connectivity index (χ0v) is 17.7. The van der Waals surface area contributed by atoms with Crippen LogP contribution in [-0.2, 0) is 4.79 Å². The molecule has 3 rings (SSSR count). The number of hydrogen-bond acceptors (Lipinski definition) is 3. The molecule has 1 fully saturated rings. The van der Waals surface area contributed by atoms with Crippen molar-refractivity contribution in [3.8, 4) is 0 Å². The maximum atomic E-state index is 12.5. The highest BCUT2D eigenvalue weighted by atomic mass is 35.6. The summed E-state index contributed by atoms with van der Waals surface area (Å²) in [5.41, 5.74) is 1.94. The average Bonchev–Trinajstić information content (AvgIpc) is 2.68. The van der Waals surface area contributed by atoms with Gasteiger partial charge in [0.15, 0.2) is 0 Å². The number of nitrogens with zero attached hydrogens (tertiary/aromatic N) is 2. The van der Waals surface area contributed by atoms with Crippen LogP contribution in [0.1, 0.15) is 10.4 Å². The zero-order valence-electron chi connectivity index (χ0n) is 14.7. The Bertz CT molecular complexity index is 863. The number of rotatable bonds is 3. The van der Waals surface area contributed by atoms with E-state index >= 15 is 0 Å². The second-order valence-corrected chi connectivity index (χ2v) is 8.95. The fraction of sp³-hybridized carbons (Fsp3) is 0.263. The van der Waals surface area contributed by atoms with Gasteiger partial charge in [-0.05, 0) is 30.3 Å². The molecule has 0 atom stereocenters. The zero-order chi connectivity index (χ0) is 20.3. The van der Waals surface area contributed by atoms with Gasteiger partial charge in [0, 0.05) is 37.4 Å². The van der Waals surface area contributed by atoms with Gasteiger partial charge in [0.2, 0.25) is 0 Å². The molecule has 2 aromatic carbocycles. The minimum Gasteiger partial charge on any atom is -0.367 e. The number of amides is 2. The molecule has 0 saturated carbocycles. The molecule has 0 spiro atoms. The maximum Gasteiger partial charge on any atom is 0.276 e. The second-order valence-electron chi connectivity index (χ2n) is 6.26. The van der Waals surface area contributed by atoms with Crippen LogP contribution in [0.5, 0.6) is 0 Å². The molecule has 9 heteroatoms. The van der Waals surface area contributed by atoms with Gasteiger partial charge < -0.3 is 15.1 Å². The lowest BCUT2D eigenvalue weighted by Gasteiger charge is -2.36. The number of alkyl halides is 3. The smallest absolute Gasteiger partial charge is 0.276 e. The fourth-order valence-electron chi connectivity index (χ4n) is 2.96. The Balaban J connectivity index is 1.63. The third kappa shape index (κ3) is 5.03. The highest BCUT2D eigenvalue weighted by molar-refractivity contribution is 6.76. The van der Waals surface area contributed by atoms with E-state index in [1.807, 2.05) is 35.2 Å². The number of halogens is 4. The van der Waals surface area contributed by atoms with Crippen molar-refractivity contribution in [3.63, 3.8) is 0 Å². The monoisotopic (exact) mass is 459 g/mol. The van der Waals surface area contributed by atoms with Crippen LogP contribution >= 0.6 is 46.4 Å². The highest BCUT2D eigenvalue weighted by Crippen LogP contribution is 2.32. The van der Waals surface area contributed by atoms with Gasteiger partial charge in [-0.3, -0.25) is 9.59 Å². The Morgan fingerprint density at radius 3 is 2.14 bits per heavy atom. The Hall–Kier alpha value is -1.66. The van der Waals surface area contributed by atoms with Gasteiger partial charge in [-0.2, -0.15) is 0 Å². The highest BCUT2D eigenvalue weighted by Gasteiger charge is 2.31. The van der Waals surface area contributed by atoms with Crippen molar-refractivity contribution in [2.75, 3.05) is 36.4 Å². The average molecular weight is 461 g/mol. The van der Waals surface area contributed by atoms with Gasteiger partial charge in [-0.1, -0.05) is 64.6 Å². The van der Waals surface area contributed by atoms with Crippen LogP contribution in [-0.4, -0.2) is 46.7 Å². The molecule has 1 heterocycles. The molecular formula is C19H17Cl4N3O2. The summed E-state index contributed by atoms with van der Waals surface area (Å²) in [5, 5.41) is 2.97. The molecule has 28 heavy (non-hydrogen) atoms. The summed E-state index contributed by atoms with van der Waals surface area (Å²) in [6.07, 6.45) is 0. The van der Waals surface area contributed by atoms with Crippen LogP contribution in [0.2, 0.25) is 5.02 Å². The van der Waals surface area contributed by atoms with E-state index in [2.05, 4.69) is 10.2 Å². The number of anilines is 2. The molecule has 1 aliphatic rings. The fourth-order valence-corrected chi connectivity index (χ4v) is 3.40. The van der Waals surface area contributed by atoms with E-state index in [1.165, 1.54) is 0 Å². The summed E-state index contributed by atoms with van der Waals surface area (Å²) in [6.45, 7) is 2.49. The van der Waals surface area contributed by atoms with Crippen LogP contribution in [0.3, 0.4) is 0 Å². The van der Waals surface area contributed by atoms with E-state index in [1.54, 1.807) is 18.2 Å². The molecular weight excluding hydrogens is 444 g/mol. The molecule has 1 aliphatic heterocycles. The minimum atomic E-state index is -2.05. The Kier molecular flexibility index (Phi) is 6.61. The van der Waals surface area contributed by atoms with Crippen LogP contribution in [0.4, 0.5) is 11.4 Å². The van der Waals surface area contributed by atoms with Gasteiger partial charge in [-0.15, -0.1) is 0 Å². The third-order valence-corrected chi connectivity index (χ3v) is 5.21. The molecule has 0 aromatic heterocycles. The molecule has 5 nitrogen and oxygen atoms in total. The molecule has 0 radical (unpaired) electrons. The Labute approximate surface area is 183 Å². The summed E-state index contributed by atoms with van der Waals surface area (Å²) >= 11 is 23.0. The lowest BCUT2D eigenvalue weighted by Crippen LogP contribution is -2.48. The van der Waals surface area contributed by atoms with Crippen molar-refractivity contribution in [2.45, 2.75) is 3.79 Å². The lowest BCUT2D eigenvalue weighted by atomic mass is 10.1. The van der Waals surface area contributed by atoms with Crippen LogP contribution in [0, 0.1) is 0 Å². The lowest BCUT2D eigenvalue weighted by molar-refractivity contribution is -0.115. The quantitative estimate of drug-likeness (QED) is 0.680. The first-order valence-corrected chi connectivity index (χ1v) is 10.0. The van der Waals surface area contributed by atoms with Crippen LogP contribution in [0.15, 0.2) is 48.5 Å². The van der Waals surface area contributed by atoms with Crippen LogP contribution in [0.25, 0.3) is 0 Å². The summed E-state index contributed by atoms with van der Waals surface area (Å²) in [7, 11) is 0. The summed E-state index contributed by atoms with van der Waals surface area (Å²) in [4.78, 5) is 28.2. The molecule has 0 unspecified atom stereocenters. The van der Waals surface area contributed by atoms with Crippen molar-refractivity contribution in [1.82, 2.24) is 4.90 Å². The first-order chi connectivity index (χ1) is 13.3. The maximum absolute atomic E-state index is 12.5. The number of piperazine rings is 1. The topological polar surface area (TPSA) is 52.7 Å². The van der Waals surface area contributed by atoms with Crippen molar-refractivity contribution in [3.05, 3.63) is 59.1 Å². The molecule has 1 saturated heterocycles. The van der Waals surface area contributed by atoms with E-state index in [4.69, 9.17) is 46.4 Å². The largest absolute Gasteiger partial charge is 0.367 e. The van der Waals surface area contributed by atoms with Crippen molar-refractivity contribution < 1.29 is 9.59 Å². The van der Waals surface area contributed by atoms with Gasteiger partial charge >= 0.3 is 0 Å². The van der Waals surface area contributed by atoms with E-state index in [9.17, 15) is 9.59 Å². The first kappa shape index (κ1) is 21.1. The predicted molar refractivity (Wildman–Crippen MR) is 115 cm³/mol. The van der Waals surface area contributed by atoms with Gasteiger partial charge in [0.1, 0.15) is 0 Å². The number of hydrogen-bond donors (Lipinski definition) is 1. The second kappa shape index (κ2) is 8.78. The van der Waals surface area contributed by atoms with E-state index in [0.29, 0.717) is 42.5 Å². The number of carbonyl (C=O) groups excluding carboxylic acids is 2. The summed E-state index contributed by atoms with van der Waals surface area (Å²) < 4.78 is -2.05. The normalized spacial score (nSPS) is 14.7. The molecule has 2 aromatic rings. The molecule has 148 valence electrons. The molecule has 0 aliphatic carbocycles. The molecule has 1 N–H and O–H groups in total. The van der Waals surface area contributed by atoms with Crippen molar-refractivity contribution in [1.29, 1.82) is 0 Å². The standard InChI is InChI=1S/C19H17Cl4N3O2/c20-15-12-14(24-18(28)19(21,22)23)6-7-16(15)25-8-10-26(11-9-25)17(27)13-4-2-1-3-5-13/h1-7,12H,8-11H2,(H,24,28). The van der Waals surface area contributed by atoms with E-state index in [-0.39, 0.29) is 5.91 Å². The van der Waals surface area contributed by atoms with E-state index in [0.717, 1.165) is 5.69 Å². The first-order valence-electron chi connectivity index (χ1n) is 8.53. The van der Waals surface area contributed by atoms with Crippen LogP contribution < -0.4 is 10.2 Å². The van der Waals surface area contributed by atoms with Crippen molar-refractivity contribution in [2.24, 2.45) is 0 Å². The number of benzene rings is 2. The number of nitrogens with one attached hydrogen (secondary N) is 1. The molecule has 2 amide bonds. The third-order valence-electron chi connectivity index (χ3n) is 4.39. The van der Waals surface area contributed by atoms with Gasteiger partial charge in [0.25, 0.3) is 15.6 Å². The van der Waals surface area contributed by atoms with Crippen molar-refractivity contribution >= 4 is 69.6 Å². The SMILES string of the molecule is O=C(c1ccccc1)N1CCN(c2ccc(NC(=O)C(Cl)(Cl)Cl)cc2Cl)CC1. The Morgan fingerprint density at radius 1 is 0.929 bits per heavy atom. The van der Waals surface area contributed by atoms with E-state index < -0.39 is 9.70 Å². The van der Waals surface area contributed by atoms with Gasteiger partial charge in [-0.25, -0.2) is 0 Å². The minimum absolute atomic E-state index is 0.0242. The molecule has 0 bridgehead atoms. The Morgan fingerprint density at radius 2 is 1.57 bits per heavy atom. The summed E-state index contributed by atoms with van der Waals surface area (Å²) in [5.74, 6) is -0.731. The predicted octanol–water partition coefficient (Wildman–Crippen LogP) is 4.61. The number of carbonyl (C=O) groups is 2.